The number of para-hydroxylation sites is 1. The number of rotatable bonds is 2. The largest absolute Gasteiger partial charge is 0.475 e. The van der Waals surface area contributed by atoms with Crippen LogP contribution in [0.15, 0.2) is 22.6 Å². The van der Waals surface area contributed by atoms with Crippen LogP contribution < -0.4 is 0 Å². The van der Waals surface area contributed by atoms with Crippen LogP contribution >= 0.6 is 22.6 Å². The van der Waals surface area contributed by atoms with Crippen LogP contribution in [0.2, 0.25) is 0 Å². The van der Waals surface area contributed by atoms with Crippen molar-refractivity contribution in [2.45, 2.75) is 18.8 Å². The van der Waals surface area contributed by atoms with Gasteiger partial charge in [-0.1, -0.05) is 12.1 Å². The Morgan fingerprint density at radius 2 is 2.19 bits per heavy atom. The highest BCUT2D eigenvalue weighted by Gasteiger charge is 2.33. The van der Waals surface area contributed by atoms with E-state index in [4.69, 9.17) is 9.52 Å². The number of carbonyl (C=O) groups is 1. The molecule has 82 valence electrons. The SMILES string of the molecule is O=C(O)c1oc2c(I)cccc2c1C1CC1. The Hall–Kier alpha value is -1.04. The van der Waals surface area contributed by atoms with E-state index in [0.29, 0.717) is 11.5 Å². The number of carboxylic acid groups (broad SMARTS) is 1. The summed E-state index contributed by atoms with van der Waals surface area (Å²) >= 11 is 2.17. The Labute approximate surface area is 106 Å². The summed E-state index contributed by atoms with van der Waals surface area (Å²) in [5.41, 5.74) is 1.60. The molecule has 1 aromatic carbocycles. The Bertz CT molecular complexity index is 581. The van der Waals surface area contributed by atoms with E-state index in [2.05, 4.69) is 22.6 Å². The summed E-state index contributed by atoms with van der Waals surface area (Å²) in [5.74, 6) is -0.457. The van der Waals surface area contributed by atoms with Crippen LogP contribution in [0.1, 0.15) is 34.9 Å². The van der Waals surface area contributed by atoms with Gasteiger partial charge in [0.2, 0.25) is 5.76 Å². The molecule has 1 fully saturated rings. The Kier molecular flexibility index (Phi) is 2.20. The Morgan fingerprint density at radius 3 is 2.81 bits per heavy atom. The molecule has 0 amide bonds. The third-order valence-corrected chi connectivity index (χ3v) is 3.74. The molecule has 1 aromatic heterocycles. The molecule has 1 N–H and O–H groups in total. The summed E-state index contributed by atoms with van der Waals surface area (Å²) in [5, 5.41) is 10.1. The third kappa shape index (κ3) is 1.43. The van der Waals surface area contributed by atoms with E-state index >= 15 is 0 Å². The molecule has 0 saturated heterocycles. The van der Waals surface area contributed by atoms with E-state index in [1.807, 2.05) is 18.2 Å². The smallest absolute Gasteiger partial charge is 0.372 e. The van der Waals surface area contributed by atoms with Crippen LogP contribution in [0.5, 0.6) is 0 Å². The first kappa shape index (κ1) is 10.1. The van der Waals surface area contributed by atoms with Crippen LogP contribution in [0.3, 0.4) is 0 Å². The average Bonchev–Trinajstić information content (AvgIpc) is 2.99. The van der Waals surface area contributed by atoms with Gasteiger partial charge in [0.15, 0.2) is 0 Å². The molecular weight excluding hydrogens is 319 g/mol. The molecule has 2 aromatic rings. The predicted octanol–water partition coefficient (Wildman–Crippen LogP) is 3.61. The molecule has 4 heteroatoms. The molecule has 16 heavy (non-hydrogen) atoms. The topological polar surface area (TPSA) is 50.4 Å². The number of carboxylic acids is 1. The fraction of sp³-hybridized carbons (Fsp3) is 0.250. The first-order valence-corrected chi connectivity index (χ1v) is 6.20. The summed E-state index contributed by atoms with van der Waals surface area (Å²) in [6.07, 6.45) is 2.14. The molecular formula is C12H9IO3. The molecule has 1 heterocycles. The van der Waals surface area contributed by atoms with Crippen LogP contribution in [0.4, 0.5) is 0 Å². The van der Waals surface area contributed by atoms with Gasteiger partial charge in [0.05, 0.1) is 3.57 Å². The van der Waals surface area contributed by atoms with Crippen molar-refractivity contribution in [3.8, 4) is 0 Å². The van der Waals surface area contributed by atoms with Gasteiger partial charge in [-0.05, 0) is 47.4 Å². The van der Waals surface area contributed by atoms with E-state index in [1.165, 1.54) is 0 Å². The maximum atomic E-state index is 11.1. The van der Waals surface area contributed by atoms with Gasteiger partial charge in [-0.15, -0.1) is 0 Å². The fourth-order valence-corrected chi connectivity index (χ4v) is 2.65. The minimum absolute atomic E-state index is 0.126. The number of aromatic carboxylic acids is 1. The molecule has 0 radical (unpaired) electrons. The highest BCUT2D eigenvalue weighted by Crippen LogP contribution is 2.46. The predicted molar refractivity (Wildman–Crippen MR) is 67.9 cm³/mol. The van der Waals surface area contributed by atoms with Crippen LogP contribution in [-0.2, 0) is 0 Å². The van der Waals surface area contributed by atoms with Gasteiger partial charge in [-0.25, -0.2) is 4.79 Å². The number of furan rings is 1. The molecule has 1 aliphatic carbocycles. The molecule has 0 aliphatic heterocycles. The zero-order valence-corrected chi connectivity index (χ0v) is 10.5. The highest BCUT2D eigenvalue weighted by molar-refractivity contribution is 14.1. The molecule has 0 atom stereocenters. The lowest BCUT2D eigenvalue weighted by atomic mass is 10.1. The van der Waals surface area contributed by atoms with Crippen molar-refractivity contribution in [1.29, 1.82) is 0 Å². The number of halogens is 1. The van der Waals surface area contributed by atoms with E-state index in [9.17, 15) is 4.79 Å². The van der Waals surface area contributed by atoms with Crippen molar-refractivity contribution in [2.24, 2.45) is 0 Å². The summed E-state index contributed by atoms with van der Waals surface area (Å²) in [4.78, 5) is 11.1. The van der Waals surface area contributed by atoms with Crippen molar-refractivity contribution < 1.29 is 14.3 Å². The van der Waals surface area contributed by atoms with Gasteiger partial charge in [-0.2, -0.15) is 0 Å². The summed E-state index contributed by atoms with van der Waals surface area (Å²) < 4.78 is 6.45. The Morgan fingerprint density at radius 1 is 1.44 bits per heavy atom. The third-order valence-electron chi connectivity index (χ3n) is 2.89. The molecule has 0 unspecified atom stereocenters. The maximum absolute atomic E-state index is 11.1. The lowest BCUT2D eigenvalue weighted by Gasteiger charge is -1.95. The summed E-state index contributed by atoms with van der Waals surface area (Å²) in [6.45, 7) is 0. The van der Waals surface area contributed by atoms with Crippen molar-refractivity contribution in [3.63, 3.8) is 0 Å². The van der Waals surface area contributed by atoms with Gasteiger partial charge >= 0.3 is 5.97 Å². The maximum Gasteiger partial charge on any atom is 0.372 e. The molecule has 1 aliphatic rings. The number of hydrogen-bond donors (Lipinski definition) is 1. The zero-order chi connectivity index (χ0) is 11.3. The highest BCUT2D eigenvalue weighted by atomic mass is 127. The number of fused-ring (bicyclic) bond motifs is 1. The number of benzene rings is 1. The molecule has 3 rings (SSSR count). The molecule has 3 nitrogen and oxygen atoms in total. The molecule has 0 spiro atoms. The lowest BCUT2D eigenvalue weighted by molar-refractivity contribution is 0.0663. The molecule has 1 saturated carbocycles. The second-order valence-corrected chi connectivity index (χ2v) is 5.20. The lowest BCUT2D eigenvalue weighted by Crippen LogP contribution is -1.97. The second kappa shape index (κ2) is 3.48. The van der Waals surface area contributed by atoms with Gasteiger partial charge < -0.3 is 9.52 Å². The number of hydrogen-bond acceptors (Lipinski definition) is 2. The first-order chi connectivity index (χ1) is 7.68. The van der Waals surface area contributed by atoms with E-state index in [0.717, 1.165) is 27.4 Å². The summed E-state index contributed by atoms with van der Waals surface area (Å²) in [6, 6.07) is 5.81. The standard InChI is InChI=1S/C12H9IO3/c13-8-3-1-2-7-9(6-4-5-6)11(12(14)15)16-10(7)8/h1-3,6H,4-5H2,(H,14,15). The minimum Gasteiger partial charge on any atom is -0.475 e. The van der Waals surface area contributed by atoms with Crippen molar-refractivity contribution >= 4 is 39.5 Å². The molecule has 0 bridgehead atoms. The second-order valence-electron chi connectivity index (χ2n) is 4.04. The average molecular weight is 328 g/mol. The van der Waals surface area contributed by atoms with E-state index in [1.54, 1.807) is 0 Å². The monoisotopic (exact) mass is 328 g/mol. The zero-order valence-electron chi connectivity index (χ0n) is 8.37. The first-order valence-electron chi connectivity index (χ1n) is 5.12. The fourth-order valence-electron chi connectivity index (χ4n) is 2.04. The normalized spacial score (nSPS) is 15.6. The minimum atomic E-state index is -0.964. The van der Waals surface area contributed by atoms with Crippen molar-refractivity contribution in [1.82, 2.24) is 0 Å². The van der Waals surface area contributed by atoms with E-state index < -0.39 is 5.97 Å². The summed E-state index contributed by atoms with van der Waals surface area (Å²) in [7, 11) is 0. The van der Waals surface area contributed by atoms with Crippen molar-refractivity contribution in [2.75, 3.05) is 0 Å². The van der Waals surface area contributed by atoms with E-state index in [-0.39, 0.29) is 5.76 Å². The van der Waals surface area contributed by atoms with Gasteiger partial charge in [-0.3, -0.25) is 0 Å². The van der Waals surface area contributed by atoms with Gasteiger partial charge in [0, 0.05) is 10.9 Å². The van der Waals surface area contributed by atoms with Crippen LogP contribution in [0, 0.1) is 3.57 Å². The van der Waals surface area contributed by atoms with Gasteiger partial charge in [0.1, 0.15) is 5.58 Å². The van der Waals surface area contributed by atoms with Crippen LogP contribution in [-0.4, -0.2) is 11.1 Å². The quantitative estimate of drug-likeness (QED) is 0.857. The van der Waals surface area contributed by atoms with Crippen molar-refractivity contribution in [3.05, 3.63) is 33.1 Å². The Balaban J connectivity index is 2.37. The van der Waals surface area contributed by atoms with Gasteiger partial charge in [0.25, 0.3) is 0 Å². The van der Waals surface area contributed by atoms with Crippen LogP contribution in [0.25, 0.3) is 11.0 Å².